The summed E-state index contributed by atoms with van der Waals surface area (Å²) < 4.78 is 6.32. The summed E-state index contributed by atoms with van der Waals surface area (Å²) in [6.45, 7) is 16.1. The van der Waals surface area contributed by atoms with E-state index in [2.05, 4.69) is 66.0 Å². The molecule has 1 saturated carbocycles. The molecular weight excluding hydrogens is 500 g/mol. The van der Waals surface area contributed by atoms with Gasteiger partial charge in [0.25, 0.3) is 5.91 Å². The highest BCUT2D eigenvalue weighted by atomic mass is 35.5. The second-order valence-corrected chi connectivity index (χ2v) is 12.8. The number of benzene rings is 1. The molecule has 9 heteroatoms. The predicted molar refractivity (Wildman–Crippen MR) is 147 cm³/mol. The highest BCUT2D eigenvalue weighted by Gasteiger charge is 2.64. The number of carbonyl (C=O) groups excluding carboxylic acids is 1. The summed E-state index contributed by atoms with van der Waals surface area (Å²) >= 11 is 6.20. The number of rotatable bonds is 6. The molecule has 0 atom stereocenters. The number of hydrogen-bond acceptors (Lipinski definition) is 7. The zero-order valence-electron chi connectivity index (χ0n) is 22.9. The lowest BCUT2D eigenvalue weighted by molar-refractivity contribution is -0.164. The molecule has 3 heterocycles. The zero-order valence-corrected chi connectivity index (χ0v) is 23.7. The van der Waals surface area contributed by atoms with Gasteiger partial charge in [-0.1, -0.05) is 46.2 Å². The Hall–Kier alpha value is -2.89. The summed E-state index contributed by atoms with van der Waals surface area (Å²) in [4.78, 5) is 17.9. The van der Waals surface area contributed by atoms with Crippen LogP contribution in [0, 0.1) is 27.6 Å². The summed E-state index contributed by atoms with van der Waals surface area (Å²) in [5.41, 5.74) is 0.453. The van der Waals surface area contributed by atoms with Crippen molar-refractivity contribution in [2.45, 2.75) is 59.6 Å². The lowest BCUT2D eigenvalue weighted by Gasteiger charge is -2.63. The van der Waals surface area contributed by atoms with Crippen molar-refractivity contribution in [1.29, 1.82) is 5.26 Å². The van der Waals surface area contributed by atoms with E-state index in [0.717, 1.165) is 25.5 Å². The Labute approximate surface area is 230 Å². The van der Waals surface area contributed by atoms with Gasteiger partial charge >= 0.3 is 0 Å². The summed E-state index contributed by atoms with van der Waals surface area (Å²) in [5, 5.41) is 21.3. The molecule has 38 heavy (non-hydrogen) atoms. The number of ether oxygens (including phenoxy) is 1. The van der Waals surface area contributed by atoms with Crippen molar-refractivity contribution in [3.63, 3.8) is 0 Å². The van der Waals surface area contributed by atoms with Crippen LogP contribution in [0.4, 0.5) is 5.82 Å². The predicted octanol–water partition coefficient (Wildman–Crippen LogP) is 4.54. The molecule has 2 aliphatic heterocycles. The molecule has 1 N–H and O–H groups in total. The van der Waals surface area contributed by atoms with Gasteiger partial charge in [-0.2, -0.15) is 5.26 Å². The number of nitrogens with zero attached hydrogens (tertiary/aromatic N) is 5. The Morgan fingerprint density at radius 1 is 1.13 bits per heavy atom. The molecule has 1 aromatic carbocycles. The SMILES string of the molecule is CCN1CCC2(CC1)CN(c1ccc(C(=O)NC3C(C)(C)C(Oc4ccc(C#N)c(Cl)c4)C3(C)C)nn1)C2. The second-order valence-electron chi connectivity index (χ2n) is 12.4. The Balaban J connectivity index is 1.19. The molecule has 202 valence electrons. The number of likely N-dealkylation sites (tertiary alicyclic amines) is 1. The van der Waals surface area contributed by atoms with E-state index in [4.69, 9.17) is 21.6 Å². The standard InChI is InChI=1S/C29H37ClN6O2/c1-6-35-13-11-29(12-14-35)17-36(18-29)23-10-9-22(33-34-23)24(37)32-25-27(2,3)26(28(25,4)5)38-20-8-7-19(16-31)21(30)15-20/h7-10,15,25-26H,6,11-14,17-18H2,1-5H3,(H,32,37). The van der Waals surface area contributed by atoms with E-state index in [1.165, 1.54) is 25.9 Å². The second kappa shape index (κ2) is 9.69. The molecule has 8 nitrogen and oxygen atoms in total. The largest absolute Gasteiger partial charge is 0.489 e. The van der Waals surface area contributed by atoms with Gasteiger partial charge in [0.1, 0.15) is 17.9 Å². The van der Waals surface area contributed by atoms with Gasteiger partial charge < -0.3 is 19.9 Å². The van der Waals surface area contributed by atoms with Gasteiger partial charge in [0, 0.05) is 41.4 Å². The third-order valence-electron chi connectivity index (χ3n) is 9.05. The van der Waals surface area contributed by atoms with Crippen molar-refractivity contribution in [2.75, 3.05) is 37.6 Å². The highest BCUT2D eigenvalue weighted by molar-refractivity contribution is 6.31. The molecule has 2 aromatic rings. The van der Waals surface area contributed by atoms with E-state index in [1.54, 1.807) is 24.3 Å². The maximum absolute atomic E-state index is 13.1. The molecule has 1 amide bonds. The van der Waals surface area contributed by atoms with Crippen LogP contribution in [0.1, 0.15) is 63.5 Å². The lowest BCUT2D eigenvalue weighted by Crippen LogP contribution is -2.74. The summed E-state index contributed by atoms with van der Waals surface area (Å²) in [6, 6.07) is 10.7. The molecule has 1 spiro atoms. The van der Waals surface area contributed by atoms with Gasteiger partial charge in [-0.3, -0.25) is 4.79 Å². The van der Waals surface area contributed by atoms with Crippen LogP contribution in [0.3, 0.4) is 0 Å². The number of carbonyl (C=O) groups is 1. The quantitative estimate of drug-likeness (QED) is 0.579. The normalized spacial score (nSPS) is 25.1. The minimum absolute atomic E-state index is 0.132. The number of hydrogen-bond donors (Lipinski definition) is 1. The van der Waals surface area contributed by atoms with Crippen molar-refractivity contribution in [2.24, 2.45) is 16.2 Å². The average Bonchev–Trinajstić information content (AvgIpc) is 2.88. The monoisotopic (exact) mass is 536 g/mol. The maximum Gasteiger partial charge on any atom is 0.272 e. The van der Waals surface area contributed by atoms with Crippen molar-refractivity contribution >= 4 is 23.3 Å². The topological polar surface area (TPSA) is 94.4 Å². The van der Waals surface area contributed by atoms with Crippen LogP contribution in [0.5, 0.6) is 5.75 Å². The third kappa shape index (κ3) is 4.60. The van der Waals surface area contributed by atoms with Crippen LogP contribution in [-0.4, -0.2) is 65.9 Å². The maximum atomic E-state index is 13.1. The lowest BCUT2D eigenvalue weighted by atomic mass is 9.49. The number of aromatic nitrogens is 2. The minimum Gasteiger partial charge on any atom is -0.489 e. The van der Waals surface area contributed by atoms with E-state index < -0.39 is 0 Å². The molecular formula is C29H37ClN6O2. The van der Waals surface area contributed by atoms with Gasteiger partial charge in [-0.05, 0) is 56.7 Å². The average molecular weight is 537 g/mol. The number of nitriles is 1. The molecule has 5 rings (SSSR count). The van der Waals surface area contributed by atoms with Crippen LogP contribution >= 0.6 is 11.6 Å². The summed E-state index contributed by atoms with van der Waals surface area (Å²) in [6.07, 6.45) is 2.31. The fourth-order valence-corrected chi connectivity index (χ4v) is 7.21. The number of amides is 1. The van der Waals surface area contributed by atoms with Crippen molar-refractivity contribution in [3.8, 4) is 11.8 Å². The Kier molecular flexibility index (Phi) is 6.81. The number of piperidine rings is 1. The molecule has 0 bridgehead atoms. The number of nitrogens with one attached hydrogen (secondary N) is 1. The highest BCUT2D eigenvalue weighted by Crippen LogP contribution is 2.55. The van der Waals surface area contributed by atoms with Gasteiger partial charge in [-0.15, -0.1) is 10.2 Å². The van der Waals surface area contributed by atoms with Crippen LogP contribution in [0.15, 0.2) is 30.3 Å². The van der Waals surface area contributed by atoms with Gasteiger partial charge in [0.05, 0.1) is 10.6 Å². The molecule has 0 unspecified atom stereocenters. The number of halogens is 1. The summed E-state index contributed by atoms with van der Waals surface area (Å²) in [5.74, 6) is 1.21. The van der Waals surface area contributed by atoms with Crippen LogP contribution in [-0.2, 0) is 0 Å². The molecule has 1 aliphatic carbocycles. The molecule has 3 fully saturated rings. The van der Waals surface area contributed by atoms with Crippen LogP contribution in [0.2, 0.25) is 5.02 Å². The molecule has 2 saturated heterocycles. The van der Waals surface area contributed by atoms with Crippen molar-refractivity contribution < 1.29 is 9.53 Å². The Bertz CT molecular complexity index is 1220. The van der Waals surface area contributed by atoms with Gasteiger partial charge in [0.15, 0.2) is 11.5 Å². The molecule has 3 aliphatic rings. The smallest absolute Gasteiger partial charge is 0.272 e. The Morgan fingerprint density at radius 3 is 2.37 bits per heavy atom. The van der Waals surface area contributed by atoms with Crippen molar-refractivity contribution in [3.05, 3.63) is 46.6 Å². The molecule has 0 radical (unpaired) electrons. The van der Waals surface area contributed by atoms with E-state index in [-0.39, 0.29) is 28.9 Å². The van der Waals surface area contributed by atoms with E-state index in [9.17, 15) is 4.79 Å². The van der Waals surface area contributed by atoms with Crippen LogP contribution < -0.4 is 15.0 Å². The van der Waals surface area contributed by atoms with Crippen LogP contribution in [0.25, 0.3) is 0 Å². The van der Waals surface area contributed by atoms with E-state index >= 15 is 0 Å². The van der Waals surface area contributed by atoms with Gasteiger partial charge in [-0.25, -0.2) is 0 Å². The molecule has 1 aromatic heterocycles. The van der Waals surface area contributed by atoms with Gasteiger partial charge in [0.2, 0.25) is 0 Å². The first-order chi connectivity index (χ1) is 18.0. The Morgan fingerprint density at radius 2 is 1.82 bits per heavy atom. The first-order valence-corrected chi connectivity index (χ1v) is 13.8. The minimum atomic E-state index is -0.341. The fraction of sp³-hybridized carbons (Fsp3) is 0.586. The number of anilines is 1. The van der Waals surface area contributed by atoms with E-state index in [0.29, 0.717) is 27.4 Å². The first-order valence-electron chi connectivity index (χ1n) is 13.5. The third-order valence-corrected chi connectivity index (χ3v) is 9.37. The zero-order chi connectivity index (χ0) is 27.3. The van der Waals surface area contributed by atoms with E-state index in [1.807, 2.05) is 6.07 Å². The van der Waals surface area contributed by atoms with Crippen molar-refractivity contribution in [1.82, 2.24) is 20.4 Å². The summed E-state index contributed by atoms with van der Waals surface area (Å²) in [7, 11) is 0. The fourth-order valence-electron chi connectivity index (χ4n) is 7.00. The first kappa shape index (κ1) is 26.7.